The van der Waals surface area contributed by atoms with Crippen LogP contribution in [0.3, 0.4) is 0 Å². The highest BCUT2D eigenvalue weighted by Crippen LogP contribution is 2.29. The van der Waals surface area contributed by atoms with Gasteiger partial charge in [-0.15, -0.1) is 0 Å². The average molecular weight is 241 g/mol. The van der Waals surface area contributed by atoms with Crippen molar-refractivity contribution in [3.05, 3.63) is 0 Å². The van der Waals surface area contributed by atoms with Gasteiger partial charge < -0.3 is 10.1 Å². The monoisotopic (exact) mass is 241 g/mol. The second-order valence-electron chi connectivity index (χ2n) is 5.68. The topological polar surface area (TPSA) is 21.3 Å². The van der Waals surface area contributed by atoms with Crippen molar-refractivity contribution in [2.75, 3.05) is 13.2 Å². The number of rotatable bonds is 8. The quantitative estimate of drug-likeness (QED) is 0.653. The Balaban J connectivity index is 2.01. The Morgan fingerprint density at radius 2 is 1.94 bits per heavy atom. The molecule has 17 heavy (non-hydrogen) atoms. The Hall–Kier alpha value is -0.0800. The summed E-state index contributed by atoms with van der Waals surface area (Å²) in [4.78, 5) is 0. The van der Waals surface area contributed by atoms with Gasteiger partial charge in [0.05, 0.1) is 6.10 Å². The fourth-order valence-corrected chi connectivity index (χ4v) is 2.71. The zero-order valence-corrected chi connectivity index (χ0v) is 12.0. The summed E-state index contributed by atoms with van der Waals surface area (Å²) in [5.74, 6) is 0.831. The van der Waals surface area contributed by atoms with Crippen molar-refractivity contribution in [3.63, 3.8) is 0 Å². The number of unbranched alkanes of at least 4 members (excludes halogenated alkanes) is 1. The van der Waals surface area contributed by atoms with Gasteiger partial charge in [-0.1, -0.05) is 40.0 Å². The second-order valence-corrected chi connectivity index (χ2v) is 5.68. The zero-order chi connectivity index (χ0) is 12.5. The summed E-state index contributed by atoms with van der Waals surface area (Å²) < 4.78 is 6.07. The predicted octanol–water partition coefficient (Wildman–Crippen LogP) is 3.75. The van der Waals surface area contributed by atoms with Crippen molar-refractivity contribution >= 4 is 0 Å². The molecule has 1 rings (SSSR count). The summed E-state index contributed by atoms with van der Waals surface area (Å²) in [5, 5.41) is 3.45. The lowest BCUT2D eigenvalue weighted by Gasteiger charge is -2.30. The molecular formula is C15H31NO. The highest BCUT2D eigenvalue weighted by molar-refractivity contribution is 4.74. The molecule has 0 amide bonds. The average Bonchev–Trinajstić information content (AvgIpc) is 2.33. The van der Waals surface area contributed by atoms with Gasteiger partial charge in [-0.05, 0) is 38.1 Å². The van der Waals surface area contributed by atoms with E-state index >= 15 is 0 Å². The standard InChI is InChI=1S/C15H31NO/c1-4-14-9-5-6-10-15(14)17-12-8-7-11-16-13(2)3/h13-16H,4-12H2,1-3H3. The molecule has 1 saturated carbocycles. The summed E-state index contributed by atoms with van der Waals surface area (Å²) in [7, 11) is 0. The van der Waals surface area contributed by atoms with E-state index < -0.39 is 0 Å². The van der Waals surface area contributed by atoms with E-state index in [1.807, 2.05) is 0 Å². The lowest BCUT2D eigenvalue weighted by molar-refractivity contribution is -0.0133. The lowest BCUT2D eigenvalue weighted by atomic mass is 9.85. The van der Waals surface area contributed by atoms with Crippen molar-refractivity contribution < 1.29 is 4.74 Å². The van der Waals surface area contributed by atoms with Gasteiger partial charge >= 0.3 is 0 Å². The minimum atomic E-state index is 0.562. The molecular weight excluding hydrogens is 210 g/mol. The van der Waals surface area contributed by atoms with Crippen LogP contribution in [0.1, 0.15) is 65.7 Å². The van der Waals surface area contributed by atoms with Crippen LogP contribution in [-0.2, 0) is 4.74 Å². The molecule has 0 aliphatic heterocycles. The van der Waals surface area contributed by atoms with Crippen molar-refractivity contribution in [2.24, 2.45) is 5.92 Å². The molecule has 1 aliphatic rings. The second kappa shape index (κ2) is 8.93. The van der Waals surface area contributed by atoms with Gasteiger partial charge in [-0.25, -0.2) is 0 Å². The normalized spacial score (nSPS) is 25.4. The van der Waals surface area contributed by atoms with Crippen LogP contribution in [0, 0.1) is 5.92 Å². The van der Waals surface area contributed by atoms with Gasteiger partial charge in [0.25, 0.3) is 0 Å². The SMILES string of the molecule is CCC1CCCCC1OCCCCNC(C)C. The fraction of sp³-hybridized carbons (Fsp3) is 1.00. The molecule has 1 aliphatic carbocycles. The van der Waals surface area contributed by atoms with E-state index in [9.17, 15) is 0 Å². The third-order valence-corrected chi connectivity index (χ3v) is 3.82. The Kier molecular flexibility index (Phi) is 7.87. The van der Waals surface area contributed by atoms with E-state index in [1.54, 1.807) is 0 Å². The molecule has 0 saturated heterocycles. The molecule has 0 aromatic heterocycles. The number of nitrogens with one attached hydrogen (secondary N) is 1. The molecule has 0 aromatic rings. The fourth-order valence-electron chi connectivity index (χ4n) is 2.71. The minimum Gasteiger partial charge on any atom is -0.378 e. The summed E-state index contributed by atoms with van der Waals surface area (Å²) in [5.41, 5.74) is 0. The summed E-state index contributed by atoms with van der Waals surface area (Å²) in [6.45, 7) is 8.79. The summed E-state index contributed by atoms with van der Waals surface area (Å²) in [6.07, 6.45) is 9.76. The van der Waals surface area contributed by atoms with Gasteiger partial charge in [0.2, 0.25) is 0 Å². The molecule has 0 radical (unpaired) electrons. The third-order valence-electron chi connectivity index (χ3n) is 3.82. The molecule has 102 valence electrons. The molecule has 0 heterocycles. The Morgan fingerprint density at radius 3 is 2.65 bits per heavy atom. The summed E-state index contributed by atoms with van der Waals surface area (Å²) in [6, 6.07) is 0.610. The molecule has 2 unspecified atom stereocenters. The molecule has 0 bridgehead atoms. The van der Waals surface area contributed by atoms with E-state index in [2.05, 4.69) is 26.1 Å². The number of hydrogen-bond donors (Lipinski definition) is 1. The van der Waals surface area contributed by atoms with E-state index in [4.69, 9.17) is 4.74 Å². The Bertz CT molecular complexity index is 182. The van der Waals surface area contributed by atoms with E-state index in [-0.39, 0.29) is 0 Å². The molecule has 1 fully saturated rings. The number of hydrogen-bond acceptors (Lipinski definition) is 2. The van der Waals surface area contributed by atoms with Gasteiger partial charge in [-0.3, -0.25) is 0 Å². The van der Waals surface area contributed by atoms with Gasteiger partial charge in [0.1, 0.15) is 0 Å². The maximum absolute atomic E-state index is 6.07. The van der Waals surface area contributed by atoms with Gasteiger partial charge in [0.15, 0.2) is 0 Å². The van der Waals surface area contributed by atoms with Crippen LogP contribution < -0.4 is 5.32 Å². The highest BCUT2D eigenvalue weighted by atomic mass is 16.5. The van der Waals surface area contributed by atoms with Gasteiger partial charge in [-0.2, -0.15) is 0 Å². The first kappa shape index (κ1) is 15.0. The van der Waals surface area contributed by atoms with Crippen molar-refractivity contribution in [1.82, 2.24) is 5.32 Å². The highest BCUT2D eigenvalue weighted by Gasteiger charge is 2.23. The van der Waals surface area contributed by atoms with Crippen LogP contribution in [0.15, 0.2) is 0 Å². The van der Waals surface area contributed by atoms with Crippen LogP contribution in [-0.4, -0.2) is 25.3 Å². The Morgan fingerprint density at radius 1 is 1.18 bits per heavy atom. The maximum Gasteiger partial charge on any atom is 0.0603 e. The van der Waals surface area contributed by atoms with Crippen molar-refractivity contribution in [2.45, 2.75) is 77.9 Å². The lowest BCUT2D eigenvalue weighted by Crippen LogP contribution is -2.28. The molecule has 0 spiro atoms. The van der Waals surface area contributed by atoms with Crippen molar-refractivity contribution in [1.29, 1.82) is 0 Å². The molecule has 2 atom stereocenters. The largest absolute Gasteiger partial charge is 0.378 e. The predicted molar refractivity (Wildman–Crippen MR) is 74.4 cm³/mol. The smallest absolute Gasteiger partial charge is 0.0603 e. The van der Waals surface area contributed by atoms with Crippen LogP contribution in [0.4, 0.5) is 0 Å². The summed E-state index contributed by atoms with van der Waals surface area (Å²) >= 11 is 0. The molecule has 2 nitrogen and oxygen atoms in total. The van der Waals surface area contributed by atoms with E-state index in [1.165, 1.54) is 44.9 Å². The molecule has 2 heteroatoms. The Labute approximate surface area is 108 Å². The molecule has 0 aromatic carbocycles. The number of ether oxygens (including phenoxy) is 1. The van der Waals surface area contributed by atoms with Crippen molar-refractivity contribution in [3.8, 4) is 0 Å². The van der Waals surface area contributed by atoms with E-state index in [0.29, 0.717) is 12.1 Å². The first-order valence-electron chi connectivity index (χ1n) is 7.59. The van der Waals surface area contributed by atoms with Crippen LogP contribution in [0.25, 0.3) is 0 Å². The minimum absolute atomic E-state index is 0.562. The zero-order valence-electron chi connectivity index (χ0n) is 12.0. The molecule has 1 N–H and O–H groups in total. The van der Waals surface area contributed by atoms with Gasteiger partial charge in [0, 0.05) is 12.6 Å². The van der Waals surface area contributed by atoms with Crippen LogP contribution in [0.5, 0.6) is 0 Å². The van der Waals surface area contributed by atoms with E-state index in [0.717, 1.165) is 19.1 Å². The maximum atomic E-state index is 6.07. The first-order chi connectivity index (χ1) is 8.24. The van der Waals surface area contributed by atoms with Crippen LogP contribution >= 0.6 is 0 Å². The third kappa shape index (κ3) is 6.42. The first-order valence-corrected chi connectivity index (χ1v) is 7.59. The van der Waals surface area contributed by atoms with Crippen LogP contribution in [0.2, 0.25) is 0 Å².